The maximum absolute atomic E-state index is 13.4. The van der Waals surface area contributed by atoms with Gasteiger partial charge in [0.05, 0.1) is 12.8 Å². The van der Waals surface area contributed by atoms with Gasteiger partial charge >= 0.3 is 6.18 Å². The lowest BCUT2D eigenvalue weighted by atomic mass is 10.1. The van der Waals surface area contributed by atoms with Crippen LogP contribution in [0.25, 0.3) is 17.3 Å². The van der Waals surface area contributed by atoms with E-state index in [4.69, 9.17) is 4.74 Å². The highest BCUT2D eigenvalue weighted by atomic mass is 19.4. The van der Waals surface area contributed by atoms with Crippen molar-refractivity contribution in [1.29, 1.82) is 0 Å². The molecule has 1 saturated heterocycles. The summed E-state index contributed by atoms with van der Waals surface area (Å²) in [4.78, 5) is 22.3. The monoisotopic (exact) mass is 420 g/mol. The Morgan fingerprint density at radius 3 is 2.37 bits per heavy atom. The summed E-state index contributed by atoms with van der Waals surface area (Å²) in [6.45, 7) is 1.25. The maximum atomic E-state index is 13.4. The summed E-state index contributed by atoms with van der Waals surface area (Å²) in [6, 6.07) is 7.41. The fourth-order valence-corrected chi connectivity index (χ4v) is 3.22. The highest BCUT2D eigenvalue weighted by Gasteiger charge is 2.34. The lowest BCUT2D eigenvalue weighted by Crippen LogP contribution is -2.39. The molecule has 1 N–H and O–H groups in total. The number of likely N-dealkylation sites (N-methyl/N-ethyl adjacent to an activating group) is 1. The van der Waals surface area contributed by atoms with Gasteiger partial charge in [-0.15, -0.1) is 0 Å². The number of likely N-dealkylation sites (tertiary alicyclic amines) is 1. The molecule has 2 aromatic rings. The Kier molecular flexibility index (Phi) is 6.59. The maximum Gasteiger partial charge on any atom is 0.433 e. The number of nitrogens with one attached hydrogen (secondary N) is 1. The van der Waals surface area contributed by atoms with Crippen LogP contribution in [0.15, 0.2) is 36.0 Å². The van der Waals surface area contributed by atoms with Crippen LogP contribution < -0.4 is 10.1 Å². The van der Waals surface area contributed by atoms with Gasteiger partial charge in [0.2, 0.25) is 0 Å². The van der Waals surface area contributed by atoms with Gasteiger partial charge in [0.25, 0.3) is 5.91 Å². The molecule has 160 valence electrons. The van der Waals surface area contributed by atoms with E-state index in [0.717, 1.165) is 25.3 Å². The van der Waals surface area contributed by atoms with E-state index in [1.54, 1.807) is 36.2 Å². The van der Waals surface area contributed by atoms with Crippen molar-refractivity contribution in [1.82, 2.24) is 20.2 Å². The molecule has 0 bridgehead atoms. The molecule has 0 unspecified atom stereocenters. The van der Waals surface area contributed by atoms with Gasteiger partial charge in [-0.05, 0) is 49.6 Å². The Balaban J connectivity index is 2.01. The van der Waals surface area contributed by atoms with E-state index in [1.807, 2.05) is 0 Å². The van der Waals surface area contributed by atoms with E-state index in [1.165, 1.54) is 13.2 Å². The van der Waals surface area contributed by atoms with Gasteiger partial charge in [-0.3, -0.25) is 4.79 Å². The van der Waals surface area contributed by atoms with Gasteiger partial charge in [0.1, 0.15) is 17.1 Å². The molecule has 3 rings (SSSR count). The summed E-state index contributed by atoms with van der Waals surface area (Å²) >= 11 is 0. The number of carbonyl (C=O) groups is 1. The predicted octanol–water partition coefficient (Wildman–Crippen LogP) is 3.74. The summed E-state index contributed by atoms with van der Waals surface area (Å²) in [5.74, 6) is 0.114. The van der Waals surface area contributed by atoms with Crippen LogP contribution >= 0.6 is 0 Å². The highest BCUT2D eigenvalue weighted by molar-refractivity contribution is 5.96. The van der Waals surface area contributed by atoms with Crippen LogP contribution in [0.5, 0.6) is 5.75 Å². The number of aromatic nitrogens is 2. The summed E-state index contributed by atoms with van der Waals surface area (Å²) in [6.07, 6.45) is -0.512. The van der Waals surface area contributed by atoms with Crippen LogP contribution in [0.3, 0.4) is 0 Å². The zero-order chi connectivity index (χ0) is 21.7. The molecule has 30 heavy (non-hydrogen) atoms. The number of ether oxygens (including phenoxy) is 1. The first-order valence-corrected chi connectivity index (χ1v) is 9.61. The number of nitrogens with zero attached hydrogens (tertiary/aromatic N) is 3. The van der Waals surface area contributed by atoms with E-state index < -0.39 is 11.9 Å². The highest BCUT2D eigenvalue weighted by Crippen LogP contribution is 2.31. The molecule has 2 heterocycles. The second-order valence-corrected chi connectivity index (χ2v) is 6.88. The van der Waals surface area contributed by atoms with E-state index in [2.05, 4.69) is 15.3 Å². The van der Waals surface area contributed by atoms with Gasteiger partial charge in [-0.1, -0.05) is 0 Å². The Hall–Kier alpha value is -3.10. The first-order chi connectivity index (χ1) is 14.3. The molecule has 1 aromatic carbocycles. The third-order valence-electron chi connectivity index (χ3n) is 4.84. The van der Waals surface area contributed by atoms with E-state index in [0.29, 0.717) is 24.4 Å². The summed E-state index contributed by atoms with van der Waals surface area (Å²) in [5.41, 5.74) is -0.342. The standard InChI is InChI=1S/C21H23F3N4O2/c1-25-17(20(29)28-10-4-3-5-11-28)13-19-26-16(12-18(27-19)21(22,23)24)14-6-8-15(30-2)9-7-14/h6-9,12-13,25H,3-5,10-11H2,1-2H3/b17-13-. The van der Waals surface area contributed by atoms with Crippen LogP contribution in [0, 0.1) is 0 Å². The van der Waals surface area contributed by atoms with Crippen molar-refractivity contribution in [3.8, 4) is 17.0 Å². The number of amides is 1. The number of alkyl halides is 3. The smallest absolute Gasteiger partial charge is 0.433 e. The summed E-state index contributed by atoms with van der Waals surface area (Å²) in [7, 11) is 3.05. The van der Waals surface area contributed by atoms with Crippen molar-refractivity contribution in [2.75, 3.05) is 27.2 Å². The molecule has 1 amide bonds. The van der Waals surface area contributed by atoms with Gasteiger partial charge in [-0.2, -0.15) is 13.2 Å². The average Bonchev–Trinajstić information content (AvgIpc) is 2.77. The largest absolute Gasteiger partial charge is 0.497 e. The van der Waals surface area contributed by atoms with Crippen LogP contribution in [0.1, 0.15) is 30.8 Å². The molecule has 9 heteroatoms. The lowest BCUT2D eigenvalue weighted by molar-refractivity contribution is -0.141. The van der Waals surface area contributed by atoms with Crippen LogP contribution in [-0.4, -0.2) is 48.0 Å². The molecule has 1 aliphatic rings. The minimum atomic E-state index is -4.65. The number of hydrogen-bond donors (Lipinski definition) is 1. The molecule has 1 fully saturated rings. The van der Waals surface area contributed by atoms with Crippen molar-refractivity contribution >= 4 is 12.0 Å². The molecule has 0 radical (unpaired) electrons. The number of piperidine rings is 1. The second kappa shape index (κ2) is 9.15. The quantitative estimate of drug-likeness (QED) is 0.747. The average molecular weight is 420 g/mol. The van der Waals surface area contributed by atoms with Crippen molar-refractivity contribution in [3.05, 3.63) is 47.5 Å². The summed E-state index contributed by atoms with van der Waals surface area (Å²) < 4.78 is 45.4. The van der Waals surface area contributed by atoms with Gasteiger partial charge in [0.15, 0.2) is 5.82 Å². The van der Waals surface area contributed by atoms with Crippen LogP contribution in [0.2, 0.25) is 0 Å². The van der Waals surface area contributed by atoms with Crippen molar-refractivity contribution < 1.29 is 22.7 Å². The minimum absolute atomic E-state index is 0.104. The molecule has 6 nitrogen and oxygen atoms in total. The fourth-order valence-electron chi connectivity index (χ4n) is 3.22. The van der Waals surface area contributed by atoms with Gasteiger partial charge in [-0.25, -0.2) is 9.97 Å². The SMILES string of the molecule is CN/C(=C\c1nc(-c2ccc(OC)cc2)cc(C(F)(F)F)n1)C(=O)N1CCCCC1. The Morgan fingerprint density at radius 1 is 1.13 bits per heavy atom. The molecule has 1 aromatic heterocycles. The molecule has 0 atom stereocenters. The second-order valence-electron chi connectivity index (χ2n) is 6.88. The number of benzene rings is 1. The number of methoxy groups -OCH3 is 1. The number of hydrogen-bond acceptors (Lipinski definition) is 5. The zero-order valence-corrected chi connectivity index (χ0v) is 16.8. The number of halogens is 3. The fraction of sp³-hybridized carbons (Fsp3) is 0.381. The summed E-state index contributed by atoms with van der Waals surface area (Å²) in [5, 5.41) is 2.77. The minimum Gasteiger partial charge on any atom is -0.497 e. The van der Waals surface area contributed by atoms with E-state index in [9.17, 15) is 18.0 Å². The van der Waals surface area contributed by atoms with Crippen molar-refractivity contribution in [2.45, 2.75) is 25.4 Å². The Bertz CT molecular complexity index is 921. The first-order valence-electron chi connectivity index (χ1n) is 9.61. The molecule has 0 spiro atoms. The molecule has 0 saturated carbocycles. The third kappa shape index (κ3) is 5.08. The van der Waals surface area contributed by atoms with Crippen molar-refractivity contribution in [2.24, 2.45) is 0 Å². The van der Waals surface area contributed by atoms with Crippen molar-refractivity contribution in [3.63, 3.8) is 0 Å². The van der Waals surface area contributed by atoms with Gasteiger partial charge in [0, 0.05) is 31.8 Å². The lowest BCUT2D eigenvalue weighted by Gasteiger charge is -2.27. The first kappa shape index (κ1) is 21.6. The topological polar surface area (TPSA) is 67.4 Å². The number of rotatable bonds is 5. The molecular weight excluding hydrogens is 397 g/mol. The number of carbonyl (C=O) groups excluding carboxylic acids is 1. The molecular formula is C21H23F3N4O2. The van der Waals surface area contributed by atoms with Gasteiger partial charge < -0.3 is 15.0 Å². The third-order valence-corrected chi connectivity index (χ3v) is 4.84. The molecule has 0 aliphatic carbocycles. The molecule has 1 aliphatic heterocycles. The van der Waals surface area contributed by atoms with Crippen LogP contribution in [0.4, 0.5) is 13.2 Å². The predicted molar refractivity (Wildman–Crippen MR) is 106 cm³/mol. The van der Waals surface area contributed by atoms with Crippen LogP contribution in [-0.2, 0) is 11.0 Å². The van der Waals surface area contributed by atoms with E-state index in [-0.39, 0.29) is 23.1 Å². The normalized spacial score (nSPS) is 15.1. The Labute approximate surface area is 172 Å². The van der Waals surface area contributed by atoms with E-state index >= 15 is 0 Å². The zero-order valence-electron chi connectivity index (χ0n) is 16.8. The Morgan fingerprint density at radius 2 is 1.80 bits per heavy atom.